The Kier molecular flexibility index (Phi) is 4.99. The van der Waals surface area contributed by atoms with Gasteiger partial charge in [0.25, 0.3) is 0 Å². The Bertz CT molecular complexity index is 566. The second-order valence-corrected chi connectivity index (χ2v) is 7.73. The van der Waals surface area contributed by atoms with Crippen LogP contribution in [0.25, 0.3) is 0 Å². The summed E-state index contributed by atoms with van der Waals surface area (Å²) in [4.78, 5) is 15.6. The number of nitrogens with zero attached hydrogens (tertiary/aromatic N) is 1. The lowest BCUT2D eigenvalue weighted by atomic mass is 10.4. The first-order valence-corrected chi connectivity index (χ1v) is 8.70. The van der Waals surface area contributed by atoms with Gasteiger partial charge in [-0.25, -0.2) is 13.4 Å². The molecule has 5 nitrogen and oxygen atoms in total. The third-order valence-electron chi connectivity index (χ3n) is 3.43. The second kappa shape index (κ2) is 6.54. The van der Waals surface area contributed by atoms with E-state index in [4.69, 9.17) is 11.6 Å². The van der Waals surface area contributed by atoms with E-state index in [-0.39, 0.29) is 23.3 Å². The van der Waals surface area contributed by atoms with Gasteiger partial charge in [0.15, 0.2) is 9.84 Å². The molecule has 0 radical (unpaired) electrons. The van der Waals surface area contributed by atoms with E-state index in [0.29, 0.717) is 10.8 Å². The molecular weight excluding hydrogens is 300 g/mol. The third kappa shape index (κ3) is 4.18. The van der Waals surface area contributed by atoms with Gasteiger partial charge in [-0.05, 0) is 25.0 Å². The average Bonchev–Trinajstić information content (AvgIpc) is 2.94. The summed E-state index contributed by atoms with van der Waals surface area (Å²) >= 11 is 5.64. The van der Waals surface area contributed by atoms with Crippen LogP contribution in [-0.2, 0) is 14.6 Å². The molecule has 1 aliphatic carbocycles. The monoisotopic (exact) mass is 316 g/mol. The van der Waals surface area contributed by atoms with Gasteiger partial charge in [0.1, 0.15) is 5.15 Å². The quantitative estimate of drug-likeness (QED) is 0.846. The molecule has 1 saturated carbocycles. The van der Waals surface area contributed by atoms with Crippen molar-refractivity contribution in [2.24, 2.45) is 0 Å². The van der Waals surface area contributed by atoms with Crippen molar-refractivity contribution < 1.29 is 13.2 Å². The van der Waals surface area contributed by atoms with E-state index >= 15 is 0 Å². The van der Waals surface area contributed by atoms with Crippen LogP contribution >= 0.6 is 11.6 Å². The predicted molar refractivity (Wildman–Crippen MR) is 78.5 cm³/mol. The minimum absolute atomic E-state index is 0.0263. The number of pyridine rings is 1. The molecule has 20 heavy (non-hydrogen) atoms. The SMILES string of the molecule is O=C(CCS(=O)(=O)C1CCCC1)Nc1ccc(Cl)nc1. The van der Waals surface area contributed by atoms with E-state index in [0.717, 1.165) is 25.7 Å². The topological polar surface area (TPSA) is 76.1 Å². The van der Waals surface area contributed by atoms with Crippen LogP contribution in [0.3, 0.4) is 0 Å². The first-order chi connectivity index (χ1) is 9.47. The molecule has 7 heteroatoms. The van der Waals surface area contributed by atoms with Crippen molar-refractivity contribution in [3.63, 3.8) is 0 Å². The molecular formula is C13H17ClN2O3S. The largest absolute Gasteiger partial charge is 0.325 e. The molecule has 1 amide bonds. The van der Waals surface area contributed by atoms with Crippen molar-refractivity contribution in [3.05, 3.63) is 23.5 Å². The van der Waals surface area contributed by atoms with Gasteiger partial charge in [0.05, 0.1) is 22.9 Å². The van der Waals surface area contributed by atoms with Gasteiger partial charge in [0.2, 0.25) is 5.91 Å². The van der Waals surface area contributed by atoms with Gasteiger partial charge in [0, 0.05) is 6.42 Å². The van der Waals surface area contributed by atoms with Gasteiger partial charge in [-0.1, -0.05) is 24.4 Å². The second-order valence-electron chi connectivity index (χ2n) is 4.94. The fraction of sp³-hybridized carbons (Fsp3) is 0.538. The number of sulfone groups is 1. The summed E-state index contributed by atoms with van der Waals surface area (Å²) in [6.07, 6.45) is 4.79. The Morgan fingerprint density at radius 1 is 1.35 bits per heavy atom. The fourth-order valence-electron chi connectivity index (χ4n) is 2.32. The van der Waals surface area contributed by atoms with Gasteiger partial charge < -0.3 is 5.32 Å². The molecule has 2 rings (SSSR count). The van der Waals surface area contributed by atoms with Gasteiger partial charge in [-0.2, -0.15) is 0 Å². The van der Waals surface area contributed by atoms with Crippen LogP contribution in [0.1, 0.15) is 32.1 Å². The number of carbonyl (C=O) groups excluding carboxylic acids is 1. The number of rotatable bonds is 5. The Morgan fingerprint density at radius 2 is 2.05 bits per heavy atom. The van der Waals surface area contributed by atoms with E-state index in [1.165, 1.54) is 6.20 Å². The summed E-state index contributed by atoms with van der Waals surface area (Å²) in [6.45, 7) is 0. The highest BCUT2D eigenvalue weighted by Gasteiger charge is 2.28. The Morgan fingerprint density at radius 3 is 2.65 bits per heavy atom. The van der Waals surface area contributed by atoms with Crippen LogP contribution in [0.5, 0.6) is 0 Å². The van der Waals surface area contributed by atoms with Crippen LogP contribution in [0.4, 0.5) is 5.69 Å². The maximum Gasteiger partial charge on any atom is 0.225 e. The summed E-state index contributed by atoms with van der Waals surface area (Å²) in [5, 5.41) is 2.69. The number of hydrogen-bond acceptors (Lipinski definition) is 4. The number of anilines is 1. The molecule has 0 aliphatic heterocycles. The summed E-state index contributed by atoms with van der Waals surface area (Å²) in [5.41, 5.74) is 0.512. The molecule has 110 valence electrons. The van der Waals surface area contributed by atoms with Gasteiger partial charge >= 0.3 is 0 Å². The van der Waals surface area contributed by atoms with E-state index in [1.54, 1.807) is 12.1 Å². The highest BCUT2D eigenvalue weighted by Crippen LogP contribution is 2.25. The summed E-state index contributed by atoms with van der Waals surface area (Å²) in [7, 11) is -3.15. The lowest BCUT2D eigenvalue weighted by molar-refractivity contribution is -0.115. The minimum atomic E-state index is -3.15. The first kappa shape index (κ1) is 15.3. The fourth-order valence-corrected chi connectivity index (χ4v) is 4.29. The molecule has 0 unspecified atom stereocenters. The number of halogens is 1. The van der Waals surface area contributed by atoms with E-state index in [1.807, 2.05) is 0 Å². The smallest absolute Gasteiger partial charge is 0.225 e. The maximum absolute atomic E-state index is 12.0. The van der Waals surface area contributed by atoms with E-state index < -0.39 is 9.84 Å². The summed E-state index contributed by atoms with van der Waals surface area (Å²) in [6, 6.07) is 3.19. The molecule has 0 saturated heterocycles. The lowest BCUT2D eigenvalue weighted by Crippen LogP contribution is -2.24. The molecule has 1 aromatic heterocycles. The molecule has 0 spiro atoms. The lowest BCUT2D eigenvalue weighted by Gasteiger charge is -2.10. The zero-order chi connectivity index (χ0) is 14.6. The molecule has 1 aromatic rings. The Labute approximate surface area is 123 Å². The molecule has 0 aromatic carbocycles. The normalized spacial score (nSPS) is 16.2. The predicted octanol–water partition coefficient (Wildman–Crippen LogP) is 2.42. The third-order valence-corrected chi connectivity index (χ3v) is 5.92. The maximum atomic E-state index is 12.0. The van der Waals surface area contributed by atoms with Gasteiger partial charge in [-0.3, -0.25) is 4.79 Å². The average molecular weight is 317 g/mol. The molecule has 1 aliphatic rings. The van der Waals surface area contributed by atoms with E-state index in [9.17, 15) is 13.2 Å². The highest BCUT2D eigenvalue weighted by atomic mass is 35.5. The van der Waals surface area contributed by atoms with Crippen LogP contribution in [-0.4, -0.2) is 30.3 Å². The zero-order valence-electron chi connectivity index (χ0n) is 11.0. The Balaban J connectivity index is 1.84. The van der Waals surface area contributed by atoms with E-state index in [2.05, 4.69) is 10.3 Å². The number of carbonyl (C=O) groups is 1. The van der Waals surface area contributed by atoms with Crippen molar-refractivity contribution >= 4 is 33.0 Å². The number of amides is 1. The molecule has 1 heterocycles. The first-order valence-electron chi connectivity index (χ1n) is 6.60. The number of aromatic nitrogens is 1. The minimum Gasteiger partial charge on any atom is -0.325 e. The van der Waals surface area contributed by atoms with Gasteiger partial charge in [-0.15, -0.1) is 0 Å². The van der Waals surface area contributed by atoms with Crippen LogP contribution < -0.4 is 5.32 Å². The van der Waals surface area contributed by atoms with Crippen molar-refractivity contribution in [1.82, 2.24) is 4.98 Å². The molecule has 0 atom stereocenters. The summed E-state index contributed by atoms with van der Waals surface area (Å²) in [5.74, 6) is -0.416. The molecule has 1 fully saturated rings. The Hall–Kier alpha value is -1.14. The van der Waals surface area contributed by atoms with Crippen molar-refractivity contribution in [2.75, 3.05) is 11.1 Å². The standard InChI is InChI=1S/C13H17ClN2O3S/c14-12-6-5-10(9-15-12)16-13(17)7-8-20(18,19)11-3-1-2-4-11/h5-6,9,11H,1-4,7-8H2,(H,16,17). The number of nitrogens with one attached hydrogen (secondary N) is 1. The van der Waals surface area contributed by atoms with Crippen molar-refractivity contribution in [1.29, 1.82) is 0 Å². The van der Waals surface area contributed by atoms with Crippen LogP contribution in [0.2, 0.25) is 5.15 Å². The number of hydrogen-bond donors (Lipinski definition) is 1. The molecule has 1 N–H and O–H groups in total. The van der Waals surface area contributed by atoms with Crippen molar-refractivity contribution in [3.8, 4) is 0 Å². The van der Waals surface area contributed by atoms with Crippen LogP contribution in [0.15, 0.2) is 18.3 Å². The van der Waals surface area contributed by atoms with Crippen LogP contribution in [0, 0.1) is 0 Å². The zero-order valence-corrected chi connectivity index (χ0v) is 12.6. The highest BCUT2D eigenvalue weighted by molar-refractivity contribution is 7.92. The summed E-state index contributed by atoms with van der Waals surface area (Å²) < 4.78 is 24.0. The van der Waals surface area contributed by atoms with Crippen molar-refractivity contribution in [2.45, 2.75) is 37.4 Å². The molecule has 0 bridgehead atoms.